The third-order valence-electron chi connectivity index (χ3n) is 2.33. The molecule has 2 rings (SSSR count). The lowest BCUT2D eigenvalue weighted by atomic mass is 10.0. The highest BCUT2D eigenvalue weighted by atomic mass is 35.5. The summed E-state index contributed by atoms with van der Waals surface area (Å²) in [6.45, 7) is 0. The van der Waals surface area contributed by atoms with Crippen LogP contribution in [0.4, 0.5) is 0 Å². The first-order valence-corrected chi connectivity index (χ1v) is 5.39. The Labute approximate surface area is 108 Å². The van der Waals surface area contributed by atoms with Crippen LogP contribution in [0.1, 0.15) is 10.4 Å². The van der Waals surface area contributed by atoms with Gasteiger partial charge in [0.1, 0.15) is 5.69 Å². The quantitative estimate of drug-likeness (QED) is 0.922. The molecule has 0 saturated carbocycles. The van der Waals surface area contributed by atoms with Gasteiger partial charge in [0.25, 0.3) is 0 Å². The van der Waals surface area contributed by atoms with Gasteiger partial charge in [-0.2, -0.15) is 0 Å². The second kappa shape index (κ2) is 5.01. The van der Waals surface area contributed by atoms with Crippen LogP contribution in [0.5, 0.6) is 5.88 Å². The maximum Gasteiger partial charge on any atom is 0.336 e. The van der Waals surface area contributed by atoms with Gasteiger partial charge in [0.05, 0.1) is 12.7 Å². The molecule has 6 heteroatoms. The van der Waals surface area contributed by atoms with Crippen LogP contribution in [-0.2, 0) is 0 Å². The summed E-state index contributed by atoms with van der Waals surface area (Å²) in [7, 11) is 1.44. The molecule has 2 aromatic rings. The van der Waals surface area contributed by atoms with E-state index < -0.39 is 5.97 Å². The van der Waals surface area contributed by atoms with Crippen molar-refractivity contribution in [1.29, 1.82) is 0 Å². The number of hydrogen-bond acceptors (Lipinski definition) is 4. The van der Waals surface area contributed by atoms with Gasteiger partial charge in [-0.1, -0.05) is 11.6 Å². The number of carbonyl (C=O) groups is 1. The molecule has 0 bridgehead atoms. The van der Waals surface area contributed by atoms with Crippen molar-refractivity contribution >= 4 is 17.6 Å². The van der Waals surface area contributed by atoms with E-state index in [-0.39, 0.29) is 11.4 Å². The van der Waals surface area contributed by atoms with Crippen molar-refractivity contribution in [3.63, 3.8) is 0 Å². The topological polar surface area (TPSA) is 72.3 Å². The molecule has 1 aromatic heterocycles. The SMILES string of the molecule is COc1nccnc1-c1cc(Cl)ccc1C(=O)O. The highest BCUT2D eigenvalue weighted by Gasteiger charge is 2.17. The Morgan fingerprint density at radius 2 is 2.06 bits per heavy atom. The molecule has 1 aromatic carbocycles. The number of nitrogens with zero attached hydrogens (tertiary/aromatic N) is 2. The average Bonchev–Trinajstić information content (AvgIpc) is 2.38. The first-order valence-electron chi connectivity index (χ1n) is 5.01. The number of methoxy groups -OCH3 is 1. The van der Waals surface area contributed by atoms with Crippen LogP contribution in [0, 0.1) is 0 Å². The highest BCUT2D eigenvalue weighted by molar-refractivity contribution is 6.31. The fourth-order valence-electron chi connectivity index (χ4n) is 1.56. The maximum absolute atomic E-state index is 11.2. The lowest BCUT2D eigenvalue weighted by Gasteiger charge is -2.09. The van der Waals surface area contributed by atoms with E-state index in [1.165, 1.54) is 37.7 Å². The third kappa shape index (κ3) is 2.26. The molecule has 0 unspecified atom stereocenters. The average molecular weight is 265 g/mol. The van der Waals surface area contributed by atoms with E-state index in [0.717, 1.165) is 0 Å². The highest BCUT2D eigenvalue weighted by Crippen LogP contribution is 2.30. The first-order chi connectivity index (χ1) is 8.63. The molecule has 1 heterocycles. The lowest BCUT2D eigenvalue weighted by Crippen LogP contribution is -2.02. The van der Waals surface area contributed by atoms with E-state index in [0.29, 0.717) is 16.3 Å². The molecule has 0 aliphatic carbocycles. The summed E-state index contributed by atoms with van der Waals surface area (Å²) in [6, 6.07) is 4.46. The van der Waals surface area contributed by atoms with Crippen molar-refractivity contribution in [2.24, 2.45) is 0 Å². The molecule has 0 amide bonds. The minimum Gasteiger partial charge on any atom is -0.479 e. The van der Waals surface area contributed by atoms with Crippen LogP contribution < -0.4 is 4.74 Å². The van der Waals surface area contributed by atoms with E-state index >= 15 is 0 Å². The molecular formula is C12H9ClN2O3. The summed E-state index contributed by atoms with van der Waals surface area (Å²) < 4.78 is 5.06. The van der Waals surface area contributed by atoms with Crippen molar-refractivity contribution < 1.29 is 14.6 Å². The number of carboxylic acid groups (broad SMARTS) is 1. The molecule has 0 fully saturated rings. The van der Waals surface area contributed by atoms with Crippen molar-refractivity contribution in [2.75, 3.05) is 7.11 Å². The van der Waals surface area contributed by atoms with Gasteiger partial charge in [-0.25, -0.2) is 14.8 Å². The summed E-state index contributed by atoms with van der Waals surface area (Å²) in [4.78, 5) is 19.3. The van der Waals surface area contributed by atoms with Crippen LogP contribution in [0.15, 0.2) is 30.6 Å². The molecule has 0 saturated heterocycles. The minimum absolute atomic E-state index is 0.0956. The van der Waals surface area contributed by atoms with Gasteiger partial charge < -0.3 is 9.84 Å². The second-order valence-corrected chi connectivity index (χ2v) is 3.85. The molecule has 0 radical (unpaired) electrons. The summed E-state index contributed by atoms with van der Waals surface area (Å²) >= 11 is 5.89. The first kappa shape index (κ1) is 12.3. The zero-order valence-electron chi connectivity index (χ0n) is 9.42. The number of benzene rings is 1. The van der Waals surface area contributed by atoms with Gasteiger partial charge in [0.15, 0.2) is 0 Å². The van der Waals surface area contributed by atoms with Crippen molar-refractivity contribution in [1.82, 2.24) is 9.97 Å². The van der Waals surface area contributed by atoms with Crippen molar-refractivity contribution in [3.05, 3.63) is 41.2 Å². The normalized spacial score (nSPS) is 10.1. The van der Waals surface area contributed by atoms with E-state index in [1.807, 2.05) is 0 Å². The molecule has 92 valence electrons. The second-order valence-electron chi connectivity index (χ2n) is 3.41. The molecule has 0 spiro atoms. The Balaban J connectivity index is 2.69. The molecule has 0 atom stereocenters. The van der Waals surface area contributed by atoms with Gasteiger partial charge in [-0.15, -0.1) is 0 Å². The molecule has 0 aliphatic heterocycles. The fourth-order valence-corrected chi connectivity index (χ4v) is 1.73. The number of aromatic nitrogens is 2. The Kier molecular flexibility index (Phi) is 3.43. The number of carboxylic acids is 1. The van der Waals surface area contributed by atoms with Gasteiger partial charge in [0, 0.05) is 23.0 Å². The van der Waals surface area contributed by atoms with Crippen LogP contribution >= 0.6 is 11.6 Å². The van der Waals surface area contributed by atoms with Crippen molar-refractivity contribution in [2.45, 2.75) is 0 Å². The standard InChI is InChI=1S/C12H9ClN2O3/c1-18-11-10(14-4-5-15-11)9-6-7(13)2-3-8(9)12(16)17/h2-6H,1H3,(H,16,17). The summed E-state index contributed by atoms with van der Waals surface area (Å²) in [5.41, 5.74) is 0.818. The smallest absolute Gasteiger partial charge is 0.336 e. The van der Waals surface area contributed by atoms with E-state index in [4.69, 9.17) is 21.4 Å². The van der Waals surface area contributed by atoms with Gasteiger partial charge in [-0.05, 0) is 18.2 Å². The lowest BCUT2D eigenvalue weighted by molar-refractivity contribution is 0.0697. The Bertz CT molecular complexity index is 602. The zero-order valence-corrected chi connectivity index (χ0v) is 10.2. The number of hydrogen-bond donors (Lipinski definition) is 1. The molecule has 5 nitrogen and oxygen atoms in total. The van der Waals surface area contributed by atoms with Crippen LogP contribution in [0.25, 0.3) is 11.3 Å². The van der Waals surface area contributed by atoms with Gasteiger partial charge >= 0.3 is 5.97 Å². The molecular weight excluding hydrogens is 256 g/mol. The molecule has 0 aliphatic rings. The minimum atomic E-state index is -1.06. The summed E-state index contributed by atoms with van der Waals surface area (Å²) in [6.07, 6.45) is 2.93. The Morgan fingerprint density at radius 3 is 2.72 bits per heavy atom. The maximum atomic E-state index is 11.2. The predicted octanol–water partition coefficient (Wildman–Crippen LogP) is 2.50. The Morgan fingerprint density at radius 1 is 1.33 bits per heavy atom. The van der Waals surface area contributed by atoms with Gasteiger partial charge in [-0.3, -0.25) is 0 Å². The fraction of sp³-hybridized carbons (Fsp3) is 0.0833. The number of halogens is 1. The van der Waals surface area contributed by atoms with E-state index in [1.54, 1.807) is 0 Å². The van der Waals surface area contributed by atoms with Crippen LogP contribution in [0.3, 0.4) is 0 Å². The molecule has 1 N–H and O–H groups in total. The van der Waals surface area contributed by atoms with Crippen molar-refractivity contribution in [3.8, 4) is 17.1 Å². The van der Waals surface area contributed by atoms with E-state index in [9.17, 15) is 4.79 Å². The van der Waals surface area contributed by atoms with Crippen LogP contribution in [0.2, 0.25) is 5.02 Å². The summed E-state index contributed by atoms with van der Waals surface area (Å²) in [5, 5.41) is 9.57. The monoisotopic (exact) mass is 264 g/mol. The largest absolute Gasteiger partial charge is 0.479 e. The zero-order chi connectivity index (χ0) is 13.1. The number of ether oxygens (including phenoxy) is 1. The summed E-state index contributed by atoms with van der Waals surface area (Å²) in [5.74, 6) is -0.809. The third-order valence-corrected chi connectivity index (χ3v) is 2.56. The van der Waals surface area contributed by atoms with Gasteiger partial charge in [0.2, 0.25) is 5.88 Å². The number of aromatic carboxylic acids is 1. The molecule has 18 heavy (non-hydrogen) atoms. The Hall–Kier alpha value is -2.14. The predicted molar refractivity (Wildman–Crippen MR) is 66.0 cm³/mol. The number of rotatable bonds is 3. The van der Waals surface area contributed by atoms with Crippen LogP contribution in [-0.4, -0.2) is 28.2 Å². The van der Waals surface area contributed by atoms with E-state index in [2.05, 4.69) is 9.97 Å².